The molecule has 1 heterocycles. The van der Waals surface area contributed by atoms with Crippen LogP contribution in [-0.2, 0) is 6.18 Å². The Labute approximate surface area is 123 Å². The minimum Gasteiger partial charge on any atom is -0.318 e. The second-order valence-electron chi connectivity index (χ2n) is 4.97. The van der Waals surface area contributed by atoms with Gasteiger partial charge in [0.15, 0.2) is 0 Å². The fourth-order valence-corrected chi connectivity index (χ4v) is 2.88. The van der Waals surface area contributed by atoms with Crippen molar-refractivity contribution in [2.45, 2.75) is 32.0 Å². The second kappa shape index (κ2) is 5.73. The third-order valence-corrected chi connectivity index (χ3v) is 4.00. The van der Waals surface area contributed by atoms with Crippen LogP contribution in [0.2, 0.25) is 0 Å². The van der Waals surface area contributed by atoms with Gasteiger partial charge in [0.05, 0.1) is 17.3 Å². The van der Waals surface area contributed by atoms with E-state index < -0.39 is 23.6 Å². The average molecular weight is 318 g/mol. The van der Waals surface area contributed by atoms with E-state index in [1.807, 2.05) is 13.8 Å². The molecule has 0 spiro atoms. The van der Waals surface area contributed by atoms with Gasteiger partial charge in [0.25, 0.3) is 0 Å². The zero-order valence-electron chi connectivity index (χ0n) is 11.4. The van der Waals surface area contributed by atoms with Crippen molar-refractivity contribution in [1.82, 2.24) is 4.98 Å². The Kier molecular flexibility index (Phi) is 4.34. The van der Waals surface area contributed by atoms with E-state index in [1.54, 1.807) is 5.38 Å². The summed E-state index contributed by atoms with van der Waals surface area (Å²) in [7, 11) is 0. The van der Waals surface area contributed by atoms with Crippen LogP contribution in [-0.4, -0.2) is 4.98 Å². The Morgan fingerprint density at radius 1 is 1.24 bits per heavy atom. The molecule has 0 bridgehead atoms. The summed E-state index contributed by atoms with van der Waals surface area (Å²) in [6.07, 6.45) is -4.66. The summed E-state index contributed by atoms with van der Waals surface area (Å²) in [4.78, 5) is 4.26. The van der Waals surface area contributed by atoms with Crippen molar-refractivity contribution in [1.29, 1.82) is 0 Å². The minimum absolute atomic E-state index is 0.164. The van der Waals surface area contributed by atoms with Gasteiger partial charge in [-0.05, 0) is 23.6 Å². The topological polar surface area (TPSA) is 38.9 Å². The summed E-state index contributed by atoms with van der Waals surface area (Å²) in [6.45, 7) is 3.87. The number of nitrogens with two attached hydrogens (primary N) is 1. The molecule has 114 valence electrons. The van der Waals surface area contributed by atoms with Crippen molar-refractivity contribution < 1.29 is 17.6 Å². The smallest absolute Gasteiger partial charge is 0.318 e. The van der Waals surface area contributed by atoms with Crippen molar-refractivity contribution in [2.24, 2.45) is 5.73 Å². The first-order chi connectivity index (χ1) is 9.70. The highest BCUT2D eigenvalue weighted by atomic mass is 32.1. The van der Waals surface area contributed by atoms with Crippen LogP contribution in [0.25, 0.3) is 0 Å². The van der Waals surface area contributed by atoms with Gasteiger partial charge in [0.1, 0.15) is 10.8 Å². The van der Waals surface area contributed by atoms with Crippen molar-refractivity contribution in [3.8, 4) is 0 Å². The zero-order valence-corrected chi connectivity index (χ0v) is 12.2. The normalized spacial score (nSPS) is 13.7. The number of thiazole rings is 1. The number of hydrogen-bond acceptors (Lipinski definition) is 3. The fraction of sp³-hybridized carbons (Fsp3) is 0.357. The van der Waals surface area contributed by atoms with Crippen LogP contribution >= 0.6 is 11.3 Å². The maximum atomic E-state index is 13.1. The lowest BCUT2D eigenvalue weighted by molar-refractivity contribution is -0.138. The molecule has 0 saturated carbocycles. The zero-order chi connectivity index (χ0) is 15.8. The summed E-state index contributed by atoms with van der Waals surface area (Å²) in [5.74, 6) is -0.780. The molecule has 7 heteroatoms. The van der Waals surface area contributed by atoms with Crippen LogP contribution in [0.15, 0.2) is 23.6 Å². The van der Waals surface area contributed by atoms with Crippen LogP contribution in [0.4, 0.5) is 17.6 Å². The van der Waals surface area contributed by atoms with Gasteiger partial charge < -0.3 is 5.73 Å². The minimum atomic E-state index is -4.66. The molecule has 1 unspecified atom stereocenters. The Bertz CT molecular complexity index is 634. The lowest BCUT2D eigenvalue weighted by Crippen LogP contribution is -2.18. The fourth-order valence-electron chi connectivity index (χ4n) is 1.89. The molecule has 0 saturated heterocycles. The SMILES string of the molecule is CC(C)c1csc(C(N)c2ccc(F)cc2C(F)(F)F)n1. The third kappa shape index (κ3) is 3.41. The molecule has 1 atom stereocenters. The molecule has 0 aliphatic rings. The molecule has 2 aromatic rings. The summed E-state index contributed by atoms with van der Waals surface area (Å²) < 4.78 is 52.1. The average Bonchev–Trinajstić information content (AvgIpc) is 2.86. The molecule has 0 aliphatic heterocycles. The van der Waals surface area contributed by atoms with E-state index in [9.17, 15) is 17.6 Å². The number of benzene rings is 1. The van der Waals surface area contributed by atoms with Crippen LogP contribution in [0.5, 0.6) is 0 Å². The molecule has 0 radical (unpaired) electrons. The highest BCUT2D eigenvalue weighted by Gasteiger charge is 2.36. The van der Waals surface area contributed by atoms with Crippen molar-refractivity contribution in [2.75, 3.05) is 0 Å². The first-order valence-corrected chi connectivity index (χ1v) is 7.15. The monoisotopic (exact) mass is 318 g/mol. The van der Waals surface area contributed by atoms with Crippen molar-refractivity contribution >= 4 is 11.3 Å². The van der Waals surface area contributed by atoms with Crippen LogP contribution in [0.3, 0.4) is 0 Å². The molecule has 0 fully saturated rings. The van der Waals surface area contributed by atoms with Crippen LogP contribution in [0.1, 0.15) is 47.6 Å². The number of halogens is 4. The first kappa shape index (κ1) is 15.9. The van der Waals surface area contributed by atoms with Crippen molar-refractivity contribution in [3.63, 3.8) is 0 Å². The maximum Gasteiger partial charge on any atom is 0.416 e. The molecule has 2 rings (SSSR count). The standard InChI is InChI=1S/C14H14F4N2S/c1-7(2)11-6-21-13(20-11)12(19)9-4-3-8(15)5-10(9)14(16,17)18/h3-7,12H,19H2,1-2H3. The Balaban J connectivity index is 2.45. The second-order valence-corrected chi connectivity index (χ2v) is 5.86. The van der Waals surface area contributed by atoms with Crippen LogP contribution in [0, 0.1) is 5.82 Å². The summed E-state index contributed by atoms with van der Waals surface area (Å²) >= 11 is 1.21. The number of rotatable bonds is 3. The summed E-state index contributed by atoms with van der Waals surface area (Å²) in [5, 5.41) is 2.16. The van der Waals surface area contributed by atoms with Gasteiger partial charge in [0, 0.05) is 5.38 Å². The molecule has 2 nitrogen and oxygen atoms in total. The summed E-state index contributed by atoms with van der Waals surface area (Å²) in [6, 6.07) is 1.48. The maximum absolute atomic E-state index is 13.1. The summed E-state index contributed by atoms with van der Waals surface area (Å²) in [5.41, 5.74) is 5.45. The van der Waals surface area contributed by atoms with Crippen LogP contribution < -0.4 is 5.73 Å². The van der Waals surface area contributed by atoms with E-state index >= 15 is 0 Å². The van der Waals surface area contributed by atoms with E-state index in [0.29, 0.717) is 11.1 Å². The predicted octanol–water partition coefficient (Wildman–Crippen LogP) is 4.47. The quantitative estimate of drug-likeness (QED) is 0.848. The molecule has 1 aromatic carbocycles. The lowest BCUT2D eigenvalue weighted by Gasteiger charge is -2.17. The molecule has 1 aromatic heterocycles. The predicted molar refractivity (Wildman–Crippen MR) is 73.6 cm³/mol. The number of alkyl halides is 3. The first-order valence-electron chi connectivity index (χ1n) is 6.27. The number of nitrogens with zero attached hydrogens (tertiary/aromatic N) is 1. The largest absolute Gasteiger partial charge is 0.416 e. The number of hydrogen-bond donors (Lipinski definition) is 1. The Hall–Kier alpha value is -1.47. The van der Waals surface area contributed by atoms with Gasteiger partial charge in [-0.2, -0.15) is 13.2 Å². The molecular weight excluding hydrogens is 304 g/mol. The van der Waals surface area contributed by atoms with Gasteiger partial charge in [-0.15, -0.1) is 11.3 Å². The number of aromatic nitrogens is 1. The van der Waals surface area contributed by atoms with E-state index in [-0.39, 0.29) is 11.5 Å². The molecule has 2 N–H and O–H groups in total. The third-order valence-electron chi connectivity index (χ3n) is 3.05. The van der Waals surface area contributed by atoms with E-state index in [0.717, 1.165) is 17.8 Å². The Morgan fingerprint density at radius 2 is 1.90 bits per heavy atom. The van der Waals surface area contributed by atoms with Gasteiger partial charge >= 0.3 is 6.18 Å². The van der Waals surface area contributed by atoms with Crippen molar-refractivity contribution in [3.05, 3.63) is 51.2 Å². The molecule has 0 amide bonds. The van der Waals surface area contributed by atoms with Gasteiger partial charge in [0.2, 0.25) is 0 Å². The van der Waals surface area contributed by atoms with E-state index in [2.05, 4.69) is 4.98 Å². The van der Waals surface area contributed by atoms with Gasteiger partial charge in [-0.3, -0.25) is 0 Å². The van der Waals surface area contributed by atoms with E-state index in [1.165, 1.54) is 11.3 Å². The molecular formula is C14H14F4N2S. The Morgan fingerprint density at radius 3 is 2.43 bits per heavy atom. The molecule has 0 aliphatic carbocycles. The molecule has 21 heavy (non-hydrogen) atoms. The highest BCUT2D eigenvalue weighted by Crippen LogP contribution is 2.37. The van der Waals surface area contributed by atoms with E-state index in [4.69, 9.17) is 5.73 Å². The lowest BCUT2D eigenvalue weighted by atomic mass is 10.0. The highest BCUT2D eigenvalue weighted by molar-refractivity contribution is 7.09. The van der Waals surface area contributed by atoms with Gasteiger partial charge in [-0.1, -0.05) is 19.9 Å². The van der Waals surface area contributed by atoms with Gasteiger partial charge in [-0.25, -0.2) is 9.37 Å².